The van der Waals surface area contributed by atoms with Gasteiger partial charge in [0.1, 0.15) is 6.61 Å². The molecule has 65 heavy (non-hydrogen) atoms. The molecule has 0 aromatic rings. The summed E-state index contributed by atoms with van der Waals surface area (Å²) < 4.78 is 5.82. The number of aliphatic imine (C=N–C) groups is 3. The van der Waals surface area contributed by atoms with Crippen molar-refractivity contribution < 1.29 is 24.5 Å². The first-order valence-electron chi connectivity index (χ1n) is 25.0. The molecule has 1 aliphatic carbocycles. The van der Waals surface area contributed by atoms with E-state index in [4.69, 9.17) is 19.7 Å². The third kappa shape index (κ3) is 11.3. The van der Waals surface area contributed by atoms with Crippen molar-refractivity contribution in [1.29, 1.82) is 0 Å². The van der Waals surface area contributed by atoms with Gasteiger partial charge in [-0.3, -0.25) is 9.59 Å². The van der Waals surface area contributed by atoms with Gasteiger partial charge in [0, 0.05) is 58.4 Å². The molecule has 3 N–H and O–H groups in total. The van der Waals surface area contributed by atoms with Crippen LogP contribution in [0.3, 0.4) is 0 Å². The third-order valence-corrected chi connectivity index (χ3v) is 14.6. The van der Waals surface area contributed by atoms with Gasteiger partial charge in [0.15, 0.2) is 5.78 Å². The molecule has 5 heterocycles. The van der Waals surface area contributed by atoms with Crippen molar-refractivity contribution in [2.45, 2.75) is 179 Å². The zero-order valence-corrected chi connectivity index (χ0v) is 41.5. The summed E-state index contributed by atoms with van der Waals surface area (Å²) in [6.45, 7) is 24.0. The SMILES string of the molecule is CCCC1=C2C=C3N=C4C(=C5NC(=C(C)C6=NC(=CC(=N2)/C1=C/O)C([C@@H](C)O)=C6C)[C@@H](C)C5CCC(=O)OC/C=C(\C)CCC[C@H](C)CCC[C@H](C)CCCC(C)C)CC(=O)C4=C3CC. The van der Waals surface area contributed by atoms with Crippen LogP contribution < -0.4 is 5.32 Å². The number of Topliss-reactive ketones (excluding diaryl/α,β-unsaturated/α-hetero) is 1. The topological polar surface area (TPSA) is 133 Å². The highest BCUT2D eigenvalue weighted by molar-refractivity contribution is 6.38. The molecule has 0 aromatic heterocycles. The zero-order valence-electron chi connectivity index (χ0n) is 41.5. The van der Waals surface area contributed by atoms with Crippen LogP contribution in [-0.2, 0) is 14.3 Å². The smallest absolute Gasteiger partial charge is 0.306 e. The van der Waals surface area contributed by atoms with E-state index < -0.39 is 6.10 Å². The number of allylic oxidation sites excluding steroid dienone is 12. The molecule has 9 nitrogen and oxygen atoms in total. The molecule has 1 saturated heterocycles. The minimum atomic E-state index is -0.799. The number of aliphatic hydroxyl groups excluding tert-OH is 2. The minimum absolute atomic E-state index is 0.0426. The van der Waals surface area contributed by atoms with Gasteiger partial charge in [0.05, 0.1) is 46.6 Å². The van der Waals surface area contributed by atoms with Crippen LogP contribution in [0.15, 0.2) is 118 Å². The van der Waals surface area contributed by atoms with E-state index in [1.54, 1.807) is 6.92 Å². The summed E-state index contributed by atoms with van der Waals surface area (Å²) in [4.78, 5) is 42.9. The molecule has 6 rings (SSSR count). The van der Waals surface area contributed by atoms with E-state index in [0.717, 1.165) is 88.2 Å². The molecule has 5 atom stereocenters. The largest absolute Gasteiger partial charge is 0.515 e. The fourth-order valence-electron chi connectivity index (χ4n) is 10.8. The Hall–Kier alpha value is -4.63. The highest BCUT2D eigenvalue weighted by atomic mass is 16.5. The number of hydrogen-bond acceptors (Lipinski definition) is 9. The first-order valence-corrected chi connectivity index (χ1v) is 25.0. The van der Waals surface area contributed by atoms with Gasteiger partial charge < -0.3 is 20.3 Å². The Kier molecular flexibility index (Phi) is 17.0. The van der Waals surface area contributed by atoms with E-state index in [9.17, 15) is 19.8 Å². The maximum Gasteiger partial charge on any atom is 0.306 e. The third-order valence-electron chi connectivity index (χ3n) is 14.6. The van der Waals surface area contributed by atoms with Gasteiger partial charge in [-0.1, -0.05) is 105 Å². The molecular weight excluding hydrogens is 809 g/mol. The van der Waals surface area contributed by atoms with Crippen LogP contribution in [0, 0.1) is 29.6 Å². The summed E-state index contributed by atoms with van der Waals surface area (Å²) in [6, 6.07) is 0. The molecule has 1 unspecified atom stereocenters. The average Bonchev–Trinajstić information content (AvgIpc) is 4.03. The van der Waals surface area contributed by atoms with Crippen molar-refractivity contribution in [1.82, 2.24) is 5.32 Å². The minimum Gasteiger partial charge on any atom is -0.515 e. The molecule has 0 spiro atoms. The number of esters is 1. The number of carbonyl (C=O) groups is 2. The van der Waals surface area contributed by atoms with Crippen molar-refractivity contribution in [3.8, 4) is 0 Å². The molecule has 0 amide bonds. The lowest BCUT2D eigenvalue weighted by Gasteiger charge is -2.17. The molecule has 1 saturated carbocycles. The standard InChI is InChI=1S/C56H78N4O5/c1-12-17-42-44(31-61)47-30-48-51(39(11)62)37(9)54(59-48)38(10)53-36(8)41(55(60-53)43-28-49(63)52-40(13-2)45(58-56(43)52)29-46(42)57-47)24-25-50(64)65-27-26-35(7)23-16-22-34(6)21-15-20-33(5)19-14-18-32(3)4/h26,29-34,36,39,41,60-62H,12-25,27-28H2,1-11H3/b35-26+,44-31+,45-29?,48-30?,53-38?,55-43?/t33-,34-,36+,39-,41?/m1/s1. The molecule has 6 aliphatic rings. The number of carbonyl (C=O) groups excluding carboxylic acids is 2. The number of nitrogens with zero attached hydrogens (tertiary/aromatic N) is 3. The fraction of sp³-hybridized carbons (Fsp3) is 0.589. The first-order chi connectivity index (χ1) is 31.1. The van der Waals surface area contributed by atoms with E-state index in [1.807, 2.05) is 19.1 Å². The lowest BCUT2D eigenvalue weighted by atomic mass is 9.85. The van der Waals surface area contributed by atoms with Gasteiger partial charge in [-0.25, -0.2) is 15.0 Å². The Balaban J connectivity index is 1.20. The van der Waals surface area contributed by atoms with Gasteiger partial charge in [-0.2, -0.15) is 0 Å². The number of hydrogen-bond donors (Lipinski definition) is 3. The van der Waals surface area contributed by atoms with Crippen LogP contribution in [-0.4, -0.2) is 51.8 Å². The maximum atomic E-state index is 14.0. The van der Waals surface area contributed by atoms with Crippen LogP contribution in [0.25, 0.3) is 0 Å². The monoisotopic (exact) mass is 887 g/mol. The summed E-state index contributed by atoms with van der Waals surface area (Å²) in [7, 11) is 0. The van der Waals surface area contributed by atoms with E-state index >= 15 is 0 Å². The zero-order chi connectivity index (χ0) is 47.1. The predicted molar refractivity (Wildman–Crippen MR) is 267 cm³/mol. The summed E-state index contributed by atoms with van der Waals surface area (Å²) in [5, 5.41) is 25.5. The second kappa shape index (κ2) is 22.2. The molecule has 8 bridgehead atoms. The maximum absolute atomic E-state index is 14.0. The molecule has 0 radical (unpaired) electrons. The Morgan fingerprint density at radius 2 is 1.55 bits per heavy atom. The fourth-order valence-corrected chi connectivity index (χ4v) is 10.8. The number of aliphatic hydroxyl groups is 2. The molecular formula is C56H78N4O5. The first kappa shape index (κ1) is 49.8. The Morgan fingerprint density at radius 1 is 0.877 bits per heavy atom. The van der Waals surface area contributed by atoms with Crippen LogP contribution in [0.5, 0.6) is 0 Å². The van der Waals surface area contributed by atoms with E-state index in [0.29, 0.717) is 64.5 Å². The van der Waals surface area contributed by atoms with Crippen LogP contribution in [0.1, 0.15) is 172 Å². The Bertz CT molecular complexity index is 2280. The van der Waals surface area contributed by atoms with Crippen molar-refractivity contribution in [3.05, 3.63) is 103 Å². The molecule has 2 fully saturated rings. The molecule has 352 valence electrons. The van der Waals surface area contributed by atoms with Gasteiger partial charge in [-0.15, -0.1) is 0 Å². The van der Waals surface area contributed by atoms with Crippen molar-refractivity contribution in [3.63, 3.8) is 0 Å². The molecule has 0 aromatic carbocycles. The average molecular weight is 887 g/mol. The number of ketones is 1. The lowest BCUT2D eigenvalue weighted by molar-refractivity contribution is -0.142. The summed E-state index contributed by atoms with van der Waals surface area (Å²) >= 11 is 0. The number of rotatable bonds is 21. The highest BCUT2D eigenvalue weighted by Gasteiger charge is 2.44. The van der Waals surface area contributed by atoms with Crippen molar-refractivity contribution in [2.75, 3.05) is 6.61 Å². The van der Waals surface area contributed by atoms with Crippen molar-refractivity contribution >= 4 is 28.9 Å². The van der Waals surface area contributed by atoms with Gasteiger partial charge >= 0.3 is 5.97 Å². The van der Waals surface area contributed by atoms with Crippen molar-refractivity contribution in [2.24, 2.45) is 44.6 Å². The Labute approximate surface area is 390 Å². The van der Waals surface area contributed by atoms with Gasteiger partial charge in [0.25, 0.3) is 0 Å². The van der Waals surface area contributed by atoms with E-state index in [-0.39, 0.29) is 43.0 Å². The van der Waals surface area contributed by atoms with E-state index in [1.165, 1.54) is 50.5 Å². The van der Waals surface area contributed by atoms with Crippen LogP contribution in [0.2, 0.25) is 0 Å². The van der Waals surface area contributed by atoms with E-state index in [2.05, 4.69) is 73.7 Å². The lowest BCUT2D eigenvalue weighted by Crippen LogP contribution is -2.16. The quantitative estimate of drug-likeness (QED) is 0.0597. The summed E-state index contributed by atoms with van der Waals surface area (Å²) in [6.07, 6.45) is 20.7. The highest BCUT2D eigenvalue weighted by Crippen LogP contribution is 2.47. The van der Waals surface area contributed by atoms with Crippen LogP contribution in [0.4, 0.5) is 0 Å². The second-order valence-electron chi connectivity index (χ2n) is 20.2. The number of nitrogens with one attached hydrogen (secondary N) is 1. The van der Waals surface area contributed by atoms with Crippen LogP contribution >= 0.6 is 0 Å². The summed E-state index contributed by atoms with van der Waals surface area (Å²) in [5.74, 6) is 2.02. The van der Waals surface area contributed by atoms with Gasteiger partial charge in [-0.05, 0) is 118 Å². The normalized spacial score (nSPS) is 22.9. The molecule has 5 aliphatic heterocycles. The number of fused-ring (bicyclic) bond motifs is 5. The number of ether oxygens (including phenoxy) is 1. The predicted octanol–water partition coefficient (Wildman–Crippen LogP) is 13.1. The second-order valence-corrected chi connectivity index (χ2v) is 20.2. The molecule has 9 heteroatoms. The Morgan fingerprint density at radius 3 is 2.20 bits per heavy atom. The van der Waals surface area contributed by atoms with Gasteiger partial charge in [0.2, 0.25) is 0 Å². The summed E-state index contributed by atoms with van der Waals surface area (Å²) in [5.41, 5.74) is 13.7.